The van der Waals surface area contributed by atoms with E-state index in [1.807, 2.05) is 20.8 Å². The van der Waals surface area contributed by atoms with Crippen molar-refractivity contribution >= 4 is 22.4 Å². The maximum Gasteiger partial charge on any atom is 0.214 e. The molecule has 0 amide bonds. The third-order valence-electron chi connectivity index (χ3n) is 3.19. The molecule has 5 nitrogen and oxygen atoms in total. The van der Waals surface area contributed by atoms with Gasteiger partial charge in [0.25, 0.3) is 0 Å². The standard InChI is InChI=1S/C12H26N2O3S.ClH/c1-12(2,3)9-18(15,16)14-6-5-11(17-4)7-10(14)8-13;/h10-11H,5-9,13H2,1-4H3;1H. The Morgan fingerprint density at radius 1 is 1.37 bits per heavy atom. The van der Waals surface area contributed by atoms with Gasteiger partial charge in [0.1, 0.15) is 0 Å². The number of rotatable bonds is 4. The highest BCUT2D eigenvalue weighted by atomic mass is 35.5. The molecule has 1 rings (SSSR count). The smallest absolute Gasteiger partial charge is 0.214 e. The van der Waals surface area contributed by atoms with E-state index >= 15 is 0 Å². The van der Waals surface area contributed by atoms with Gasteiger partial charge in [-0.25, -0.2) is 8.42 Å². The van der Waals surface area contributed by atoms with E-state index in [9.17, 15) is 8.42 Å². The molecular weight excluding hydrogens is 288 g/mol. The molecule has 19 heavy (non-hydrogen) atoms. The Morgan fingerprint density at radius 2 is 1.95 bits per heavy atom. The largest absolute Gasteiger partial charge is 0.381 e. The number of methoxy groups -OCH3 is 1. The molecule has 1 aliphatic heterocycles. The highest BCUT2D eigenvalue weighted by molar-refractivity contribution is 7.89. The molecule has 7 heteroatoms. The Morgan fingerprint density at radius 3 is 2.37 bits per heavy atom. The van der Waals surface area contributed by atoms with Crippen LogP contribution < -0.4 is 5.73 Å². The predicted octanol–water partition coefficient (Wildman–Crippen LogP) is 1.22. The van der Waals surface area contributed by atoms with Gasteiger partial charge in [0, 0.05) is 26.2 Å². The molecule has 1 heterocycles. The molecule has 116 valence electrons. The average molecular weight is 315 g/mol. The fourth-order valence-corrected chi connectivity index (χ4v) is 4.69. The predicted molar refractivity (Wildman–Crippen MR) is 80.1 cm³/mol. The number of nitrogens with zero attached hydrogens (tertiary/aromatic N) is 1. The molecule has 0 aromatic rings. The van der Waals surface area contributed by atoms with Gasteiger partial charge in [-0.05, 0) is 18.3 Å². The van der Waals surface area contributed by atoms with Crippen LogP contribution in [0.3, 0.4) is 0 Å². The van der Waals surface area contributed by atoms with Crippen molar-refractivity contribution in [3.63, 3.8) is 0 Å². The first-order valence-electron chi connectivity index (χ1n) is 6.42. The summed E-state index contributed by atoms with van der Waals surface area (Å²) in [6, 6.07) is -0.129. The monoisotopic (exact) mass is 314 g/mol. The number of ether oxygens (including phenoxy) is 1. The number of hydrogen-bond acceptors (Lipinski definition) is 4. The minimum absolute atomic E-state index is 0. The second-order valence-electron chi connectivity index (χ2n) is 6.20. The summed E-state index contributed by atoms with van der Waals surface area (Å²) in [6.07, 6.45) is 1.56. The highest BCUT2D eigenvalue weighted by Gasteiger charge is 2.37. The van der Waals surface area contributed by atoms with E-state index in [1.54, 1.807) is 11.4 Å². The van der Waals surface area contributed by atoms with Crippen molar-refractivity contribution in [1.82, 2.24) is 4.31 Å². The Bertz CT molecular complexity index is 368. The first-order valence-corrected chi connectivity index (χ1v) is 8.03. The van der Waals surface area contributed by atoms with E-state index in [-0.39, 0.29) is 35.7 Å². The van der Waals surface area contributed by atoms with E-state index in [0.29, 0.717) is 19.5 Å². The summed E-state index contributed by atoms with van der Waals surface area (Å²) in [5, 5.41) is 0. The van der Waals surface area contributed by atoms with Crippen molar-refractivity contribution in [2.75, 3.05) is 26.0 Å². The molecule has 0 aliphatic carbocycles. The molecule has 0 saturated carbocycles. The molecule has 2 unspecified atom stereocenters. The highest BCUT2D eigenvalue weighted by Crippen LogP contribution is 2.26. The Balaban J connectivity index is 0.00000324. The lowest BCUT2D eigenvalue weighted by Crippen LogP contribution is -2.52. The van der Waals surface area contributed by atoms with Gasteiger partial charge in [-0.1, -0.05) is 20.8 Å². The first-order chi connectivity index (χ1) is 8.19. The summed E-state index contributed by atoms with van der Waals surface area (Å²) < 4.78 is 31.7. The average Bonchev–Trinajstić information content (AvgIpc) is 2.24. The maximum atomic E-state index is 12.4. The molecule has 2 atom stereocenters. The van der Waals surface area contributed by atoms with Gasteiger partial charge >= 0.3 is 0 Å². The number of hydrogen-bond donors (Lipinski definition) is 1. The zero-order valence-electron chi connectivity index (χ0n) is 12.3. The molecule has 1 saturated heterocycles. The lowest BCUT2D eigenvalue weighted by Gasteiger charge is -2.38. The van der Waals surface area contributed by atoms with Crippen LogP contribution in [0, 0.1) is 5.41 Å². The molecule has 0 bridgehead atoms. The van der Waals surface area contributed by atoms with Crippen molar-refractivity contribution in [3.05, 3.63) is 0 Å². The van der Waals surface area contributed by atoms with Gasteiger partial charge in [-0.3, -0.25) is 0 Å². The zero-order chi connectivity index (χ0) is 14.0. The van der Waals surface area contributed by atoms with Gasteiger partial charge in [0.05, 0.1) is 11.9 Å². The Labute approximate surface area is 123 Å². The van der Waals surface area contributed by atoms with Crippen LogP contribution in [0.1, 0.15) is 33.6 Å². The lowest BCUT2D eigenvalue weighted by molar-refractivity contribution is 0.0400. The lowest BCUT2D eigenvalue weighted by atomic mass is 10.0. The summed E-state index contributed by atoms with van der Waals surface area (Å²) in [4.78, 5) is 0. The van der Waals surface area contributed by atoms with Crippen LogP contribution in [-0.4, -0.2) is 50.8 Å². The van der Waals surface area contributed by atoms with Gasteiger partial charge in [0.15, 0.2) is 0 Å². The summed E-state index contributed by atoms with van der Waals surface area (Å²) in [6.45, 7) is 6.67. The summed E-state index contributed by atoms with van der Waals surface area (Å²) in [7, 11) is -1.57. The summed E-state index contributed by atoms with van der Waals surface area (Å²) >= 11 is 0. The zero-order valence-corrected chi connectivity index (χ0v) is 13.9. The van der Waals surface area contributed by atoms with E-state index in [4.69, 9.17) is 10.5 Å². The molecule has 0 radical (unpaired) electrons. The van der Waals surface area contributed by atoms with Crippen LogP contribution in [0.5, 0.6) is 0 Å². The third kappa shape index (κ3) is 5.55. The van der Waals surface area contributed by atoms with Gasteiger partial charge in [-0.2, -0.15) is 4.31 Å². The maximum absolute atomic E-state index is 12.4. The van der Waals surface area contributed by atoms with Crippen LogP contribution in [-0.2, 0) is 14.8 Å². The molecule has 0 aromatic heterocycles. The van der Waals surface area contributed by atoms with E-state index in [2.05, 4.69) is 0 Å². The normalized spacial score (nSPS) is 25.9. The SMILES string of the molecule is COC1CCN(S(=O)(=O)CC(C)(C)C)C(CN)C1.Cl. The van der Waals surface area contributed by atoms with Crippen molar-refractivity contribution in [2.45, 2.75) is 45.8 Å². The van der Waals surface area contributed by atoms with Gasteiger partial charge in [-0.15, -0.1) is 12.4 Å². The van der Waals surface area contributed by atoms with Crippen molar-refractivity contribution < 1.29 is 13.2 Å². The summed E-state index contributed by atoms with van der Waals surface area (Å²) in [5.74, 6) is 0.161. The van der Waals surface area contributed by atoms with Crippen LogP contribution in [0.2, 0.25) is 0 Å². The fourth-order valence-electron chi connectivity index (χ4n) is 2.42. The molecule has 2 N–H and O–H groups in total. The second-order valence-corrected chi connectivity index (χ2v) is 8.12. The Kier molecular flexibility index (Phi) is 7.27. The molecule has 0 aromatic carbocycles. The van der Waals surface area contributed by atoms with Crippen LogP contribution in [0.4, 0.5) is 0 Å². The summed E-state index contributed by atoms with van der Waals surface area (Å²) in [5.41, 5.74) is 5.47. The van der Waals surface area contributed by atoms with E-state index in [0.717, 1.165) is 6.42 Å². The topological polar surface area (TPSA) is 72.6 Å². The van der Waals surface area contributed by atoms with Gasteiger partial charge < -0.3 is 10.5 Å². The number of halogens is 1. The van der Waals surface area contributed by atoms with E-state index in [1.165, 1.54) is 0 Å². The minimum Gasteiger partial charge on any atom is -0.381 e. The first kappa shape index (κ1) is 19.1. The number of nitrogens with two attached hydrogens (primary N) is 1. The van der Waals surface area contributed by atoms with Crippen LogP contribution in [0.15, 0.2) is 0 Å². The number of sulfonamides is 1. The van der Waals surface area contributed by atoms with E-state index < -0.39 is 10.0 Å². The molecular formula is C12H27ClN2O3S. The molecule has 1 aliphatic rings. The van der Waals surface area contributed by atoms with Crippen LogP contribution >= 0.6 is 12.4 Å². The molecule has 1 fully saturated rings. The third-order valence-corrected chi connectivity index (χ3v) is 5.62. The molecule has 0 spiro atoms. The van der Waals surface area contributed by atoms with Crippen molar-refractivity contribution in [2.24, 2.45) is 11.1 Å². The minimum atomic E-state index is -3.24. The number of piperidine rings is 1. The fraction of sp³-hybridized carbons (Fsp3) is 1.00. The van der Waals surface area contributed by atoms with Crippen LogP contribution in [0.25, 0.3) is 0 Å². The quantitative estimate of drug-likeness (QED) is 0.847. The second kappa shape index (κ2) is 7.22. The van der Waals surface area contributed by atoms with Crippen molar-refractivity contribution in [3.8, 4) is 0 Å². The van der Waals surface area contributed by atoms with Gasteiger partial charge in [0.2, 0.25) is 10.0 Å². The Hall–Kier alpha value is 0.120. The van der Waals surface area contributed by atoms with Crippen molar-refractivity contribution in [1.29, 1.82) is 0 Å².